The molecular weight excluding hydrogens is 343 g/mol. The molecule has 1 aromatic rings. The number of hydrogen-bond acceptors (Lipinski definition) is 3. The van der Waals surface area contributed by atoms with Crippen molar-refractivity contribution in [1.82, 2.24) is 9.62 Å². The van der Waals surface area contributed by atoms with Crippen LogP contribution in [0.4, 0.5) is 0 Å². The van der Waals surface area contributed by atoms with Crippen LogP contribution in [0.25, 0.3) is 0 Å². The Morgan fingerprint density at radius 2 is 1.95 bits per heavy atom. The molecule has 0 saturated carbocycles. The first-order valence-electron chi connectivity index (χ1n) is 7.44. The third kappa shape index (κ3) is 4.36. The van der Waals surface area contributed by atoms with Gasteiger partial charge in [-0.2, -0.15) is 4.31 Å². The minimum Gasteiger partial charge on any atom is -0.317 e. The summed E-state index contributed by atoms with van der Waals surface area (Å²) in [5, 5.41) is 3.55. The van der Waals surface area contributed by atoms with E-state index in [4.69, 9.17) is 11.6 Å². The second kappa shape index (κ2) is 8.50. The monoisotopic (exact) mass is 366 g/mol. The average molecular weight is 367 g/mol. The SMILES string of the molecule is CCCc1ccc(Cl)c(S(=O)(=O)N(C)C2CCNCC2)c1.Cl. The van der Waals surface area contributed by atoms with E-state index >= 15 is 0 Å². The molecule has 1 heterocycles. The maximum Gasteiger partial charge on any atom is 0.244 e. The van der Waals surface area contributed by atoms with Gasteiger partial charge in [-0.25, -0.2) is 8.42 Å². The molecule has 1 fully saturated rings. The molecule has 4 nitrogen and oxygen atoms in total. The van der Waals surface area contributed by atoms with Gasteiger partial charge in [-0.3, -0.25) is 0 Å². The van der Waals surface area contributed by atoms with Crippen molar-refractivity contribution in [2.24, 2.45) is 0 Å². The lowest BCUT2D eigenvalue weighted by atomic mass is 10.1. The van der Waals surface area contributed by atoms with Gasteiger partial charge in [0.1, 0.15) is 4.90 Å². The van der Waals surface area contributed by atoms with Gasteiger partial charge in [-0.05, 0) is 50.0 Å². The molecule has 0 unspecified atom stereocenters. The lowest BCUT2D eigenvalue weighted by Gasteiger charge is -2.31. The van der Waals surface area contributed by atoms with Crippen LogP contribution in [-0.4, -0.2) is 38.9 Å². The first kappa shape index (κ1) is 19.7. The Morgan fingerprint density at radius 3 is 2.55 bits per heavy atom. The van der Waals surface area contributed by atoms with Crippen LogP contribution in [0.2, 0.25) is 5.02 Å². The first-order chi connectivity index (χ1) is 9.96. The standard InChI is InChI=1S/C15H23ClN2O2S.ClH/c1-3-4-12-5-6-14(16)15(11-12)21(19,20)18(2)13-7-9-17-10-8-13;/h5-6,11,13,17H,3-4,7-10H2,1-2H3;1H. The molecular formula is C15H24Cl2N2O2S. The fourth-order valence-electron chi connectivity index (χ4n) is 2.71. The van der Waals surface area contributed by atoms with Crippen molar-refractivity contribution in [2.45, 2.75) is 43.5 Å². The first-order valence-corrected chi connectivity index (χ1v) is 9.25. The Labute approximate surface area is 144 Å². The van der Waals surface area contributed by atoms with Crippen molar-refractivity contribution < 1.29 is 8.42 Å². The predicted molar refractivity (Wildman–Crippen MR) is 93.5 cm³/mol. The van der Waals surface area contributed by atoms with Crippen molar-refractivity contribution in [3.05, 3.63) is 28.8 Å². The summed E-state index contributed by atoms with van der Waals surface area (Å²) in [6.45, 7) is 3.78. The van der Waals surface area contributed by atoms with Crippen molar-refractivity contribution in [3.8, 4) is 0 Å². The summed E-state index contributed by atoms with van der Waals surface area (Å²) in [4.78, 5) is 0.233. The van der Waals surface area contributed by atoms with E-state index in [-0.39, 0.29) is 23.3 Å². The largest absolute Gasteiger partial charge is 0.317 e. The van der Waals surface area contributed by atoms with Gasteiger partial charge in [-0.15, -0.1) is 12.4 Å². The van der Waals surface area contributed by atoms with Crippen LogP contribution in [0.1, 0.15) is 31.7 Å². The molecule has 2 rings (SSSR count). The van der Waals surface area contributed by atoms with Crippen molar-refractivity contribution in [3.63, 3.8) is 0 Å². The number of aryl methyl sites for hydroxylation is 1. The van der Waals surface area contributed by atoms with Gasteiger partial charge in [0.25, 0.3) is 0 Å². The van der Waals surface area contributed by atoms with Gasteiger partial charge in [0.2, 0.25) is 10.0 Å². The number of rotatable bonds is 5. The Bertz CT molecular complexity index is 587. The molecule has 0 aliphatic carbocycles. The lowest BCUT2D eigenvalue weighted by Crippen LogP contribution is -2.43. The summed E-state index contributed by atoms with van der Waals surface area (Å²) in [5.41, 5.74) is 1.01. The van der Waals surface area contributed by atoms with E-state index in [1.165, 1.54) is 4.31 Å². The summed E-state index contributed by atoms with van der Waals surface area (Å²) >= 11 is 6.15. The van der Waals surface area contributed by atoms with Gasteiger partial charge in [0.15, 0.2) is 0 Å². The van der Waals surface area contributed by atoms with E-state index in [0.717, 1.165) is 44.3 Å². The molecule has 1 N–H and O–H groups in total. The zero-order chi connectivity index (χ0) is 15.5. The summed E-state index contributed by atoms with van der Waals surface area (Å²) in [6.07, 6.45) is 3.51. The van der Waals surface area contributed by atoms with Crippen LogP contribution in [0.15, 0.2) is 23.1 Å². The Balaban J connectivity index is 0.00000242. The average Bonchev–Trinajstić information content (AvgIpc) is 2.49. The second-order valence-electron chi connectivity index (χ2n) is 5.52. The lowest BCUT2D eigenvalue weighted by molar-refractivity contribution is 0.296. The summed E-state index contributed by atoms with van der Waals surface area (Å²) in [5.74, 6) is 0. The molecule has 1 aromatic carbocycles. The molecule has 1 aliphatic rings. The van der Waals surface area contributed by atoms with Gasteiger partial charge >= 0.3 is 0 Å². The van der Waals surface area contributed by atoms with E-state index in [2.05, 4.69) is 12.2 Å². The number of hydrogen-bond donors (Lipinski definition) is 1. The van der Waals surface area contributed by atoms with E-state index in [9.17, 15) is 8.42 Å². The summed E-state index contributed by atoms with van der Waals surface area (Å²) in [7, 11) is -1.88. The van der Waals surface area contributed by atoms with Gasteiger partial charge in [0, 0.05) is 13.1 Å². The minimum atomic E-state index is -3.54. The number of benzene rings is 1. The zero-order valence-corrected chi connectivity index (χ0v) is 15.4. The number of nitrogens with zero attached hydrogens (tertiary/aromatic N) is 1. The summed E-state index contributed by atoms with van der Waals surface area (Å²) < 4.78 is 27.2. The maximum atomic E-state index is 12.8. The van der Waals surface area contributed by atoms with Crippen LogP contribution in [0.3, 0.4) is 0 Å². The van der Waals surface area contributed by atoms with E-state index in [1.54, 1.807) is 19.2 Å². The highest BCUT2D eigenvalue weighted by Crippen LogP contribution is 2.28. The Morgan fingerprint density at radius 1 is 1.32 bits per heavy atom. The van der Waals surface area contributed by atoms with Gasteiger partial charge in [-0.1, -0.05) is 31.0 Å². The predicted octanol–water partition coefficient (Wildman–Crippen LogP) is 3.09. The smallest absolute Gasteiger partial charge is 0.244 e. The quantitative estimate of drug-likeness (QED) is 0.870. The molecule has 0 atom stereocenters. The molecule has 1 saturated heterocycles. The van der Waals surface area contributed by atoms with Crippen LogP contribution < -0.4 is 5.32 Å². The number of piperidine rings is 1. The molecule has 0 radical (unpaired) electrons. The molecule has 0 bridgehead atoms. The van der Waals surface area contributed by atoms with E-state index < -0.39 is 10.0 Å². The third-order valence-electron chi connectivity index (χ3n) is 4.01. The zero-order valence-electron chi connectivity index (χ0n) is 13.0. The van der Waals surface area contributed by atoms with Gasteiger partial charge in [0.05, 0.1) is 5.02 Å². The van der Waals surface area contributed by atoms with Crippen LogP contribution >= 0.6 is 24.0 Å². The van der Waals surface area contributed by atoms with Crippen molar-refractivity contribution >= 4 is 34.0 Å². The topological polar surface area (TPSA) is 49.4 Å². The van der Waals surface area contributed by atoms with Crippen LogP contribution in [0, 0.1) is 0 Å². The second-order valence-corrected chi connectivity index (χ2v) is 7.89. The van der Waals surface area contributed by atoms with Crippen LogP contribution in [0.5, 0.6) is 0 Å². The molecule has 7 heteroatoms. The highest BCUT2D eigenvalue weighted by atomic mass is 35.5. The fourth-order valence-corrected chi connectivity index (χ4v) is 4.65. The Kier molecular flexibility index (Phi) is 7.62. The highest BCUT2D eigenvalue weighted by molar-refractivity contribution is 7.89. The van der Waals surface area contributed by atoms with Gasteiger partial charge < -0.3 is 5.32 Å². The van der Waals surface area contributed by atoms with E-state index in [0.29, 0.717) is 5.02 Å². The fraction of sp³-hybridized carbons (Fsp3) is 0.600. The molecule has 1 aliphatic heterocycles. The Hall–Kier alpha value is -0.330. The van der Waals surface area contributed by atoms with Crippen molar-refractivity contribution in [1.29, 1.82) is 0 Å². The molecule has 22 heavy (non-hydrogen) atoms. The van der Waals surface area contributed by atoms with Crippen molar-refractivity contribution in [2.75, 3.05) is 20.1 Å². The minimum absolute atomic E-state index is 0. The number of halogens is 2. The number of sulfonamides is 1. The number of nitrogens with one attached hydrogen (secondary N) is 1. The molecule has 126 valence electrons. The third-order valence-corrected chi connectivity index (χ3v) is 6.41. The molecule has 0 spiro atoms. The molecule has 0 aromatic heterocycles. The summed E-state index contributed by atoms with van der Waals surface area (Å²) in [6, 6.07) is 5.35. The maximum absolute atomic E-state index is 12.8. The van der Waals surface area contributed by atoms with E-state index in [1.807, 2.05) is 6.07 Å². The highest BCUT2D eigenvalue weighted by Gasteiger charge is 2.30. The van der Waals surface area contributed by atoms with Crippen LogP contribution in [-0.2, 0) is 16.4 Å². The molecule has 0 amide bonds. The normalized spacial score (nSPS) is 16.5.